The summed E-state index contributed by atoms with van der Waals surface area (Å²) in [6.45, 7) is 0. The molecule has 0 aromatic heterocycles. The van der Waals surface area contributed by atoms with E-state index in [1.54, 1.807) is 25.3 Å². The van der Waals surface area contributed by atoms with Crippen molar-refractivity contribution >= 4 is 0 Å². The van der Waals surface area contributed by atoms with Gasteiger partial charge in [-0.2, -0.15) is 5.48 Å². The van der Waals surface area contributed by atoms with E-state index in [9.17, 15) is 10.2 Å². The highest BCUT2D eigenvalue weighted by Gasteiger charge is 2.42. The Morgan fingerprint density at radius 2 is 1.94 bits per heavy atom. The van der Waals surface area contributed by atoms with Crippen LogP contribution in [0, 0.1) is 5.92 Å². The van der Waals surface area contributed by atoms with Gasteiger partial charge in [0.15, 0.2) is 0 Å². The summed E-state index contributed by atoms with van der Waals surface area (Å²) >= 11 is 0. The summed E-state index contributed by atoms with van der Waals surface area (Å²) in [6.07, 6.45) is 9.90. The average molecular weight is 239 g/mol. The van der Waals surface area contributed by atoms with Gasteiger partial charge < -0.3 is 15.1 Å². The van der Waals surface area contributed by atoms with Gasteiger partial charge in [-0.3, -0.25) is 0 Å². The molecule has 96 valence electrons. The SMILES string of the molecule is CONC1CCC(C2(O)C=CC=CC2O)CC1. The number of hydrogen-bond donors (Lipinski definition) is 3. The largest absolute Gasteiger partial charge is 0.386 e. The predicted molar refractivity (Wildman–Crippen MR) is 65.1 cm³/mol. The number of aliphatic hydroxyl groups excluding tert-OH is 1. The number of rotatable bonds is 3. The van der Waals surface area contributed by atoms with E-state index in [2.05, 4.69) is 5.48 Å². The summed E-state index contributed by atoms with van der Waals surface area (Å²) in [7, 11) is 1.62. The standard InChI is InChI=1S/C13H21NO3/c1-17-14-11-7-5-10(6-8-11)13(16)9-3-2-4-12(13)15/h2-4,9-12,14-16H,5-8H2,1H3. The predicted octanol–water partition coefficient (Wildman–Crippen LogP) is 0.914. The maximum absolute atomic E-state index is 10.5. The van der Waals surface area contributed by atoms with E-state index in [0.29, 0.717) is 6.04 Å². The second-order valence-corrected chi connectivity index (χ2v) is 4.95. The van der Waals surface area contributed by atoms with Crippen LogP contribution in [-0.4, -0.2) is 35.1 Å². The van der Waals surface area contributed by atoms with Crippen LogP contribution in [0.3, 0.4) is 0 Å². The molecule has 0 aliphatic heterocycles. The highest BCUT2D eigenvalue weighted by atomic mass is 16.6. The van der Waals surface area contributed by atoms with Gasteiger partial charge in [-0.25, -0.2) is 0 Å². The molecule has 0 amide bonds. The fourth-order valence-electron chi connectivity index (χ4n) is 2.85. The molecular weight excluding hydrogens is 218 g/mol. The Hall–Kier alpha value is -0.680. The van der Waals surface area contributed by atoms with Crippen LogP contribution in [0.5, 0.6) is 0 Å². The first kappa shape index (κ1) is 12.8. The zero-order chi connectivity index (χ0) is 12.3. The average Bonchev–Trinajstić information content (AvgIpc) is 2.34. The van der Waals surface area contributed by atoms with Crippen molar-refractivity contribution in [2.75, 3.05) is 7.11 Å². The third-order valence-electron chi connectivity index (χ3n) is 3.91. The minimum absolute atomic E-state index is 0.119. The molecule has 0 saturated heterocycles. The van der Waals surface area contributed by atoms with E-state index in [4.69, 9.17) is 4.84 Å². The maximum Gasteiger partial charge on any atom is 0.115 e. The normalized spacial score (nSPS) is 41.7. The second kappa shape index (κ2) is 5.31. The number of aliphatic hydroxyl groups is 2. The molecule has 2 unspecified atom stereocenters. The summed E-state index contributed by atoms with van der Waals surface area (Å²) < 4.78 is 0. The van der Waals surface area contributed by atoms with E-state index in [1.165, 1.54) is 0 Å². The summed E-state index contributed by atoms with van der Waals surface area (Å²) in [5.41, 5.74) is 1.87. The molecule has 2 rings (SSSR count). The van der Waals surface area contributed by atoms with Crippen molar-refractivity contribution in [2.45, 2.75) is 43.4 Å². The number of nitrogens with one attached hydrogen (secondary N) is 1. The third kappa shape index (κ3) is 2.60. The lowest BCUT2D eigenvalue weighted by molar-refractivity contribution is -0.0746. The molecule has 3 N–H and O–H groups in total. The first-order chi connectivity index (χ1) is 8.16. The molecule has 1 saturated carbocycles. The Morgan fingerprint density at radius 1 is 1.24 bits per heavy atom. The quantitative estimate of drug-likeness (QED) is 0.641. The van der Waals surface area contributed by atoms with Gasteiger partial charge >= 0.3 is 0 Å². The fourth-order valence-corrected chi connectivity index (χ4v) is 2.85. The van der Waals surface area contributed by atoms with Crippen molar-refractivity contribution in [1.82, 2.24) is 5.48 Å². The molecule has 0 heterocycles. The van der Waals surface area contributed by atoms with Crippen molar-refractivity contribution in [3.63, 3.8) is 0 Å². The van der Waals surface area contributed by atoms with Crippen LogP contribution < -0.4 is 5.48 Å². The van der Waals surface area contributed by atoms with Crippen molar-refractivity contribution in [1.29, 1.82) is 0 Å². The van der Waals surface area contributed by atoms with Gasteiger partial charge in [0.1, 0.15) is 11.7 Å². The second-order valence-electron chi connectivity index (χ2n) is 4.95. The van der Waals surface area contributed by atoms with Crippen LogP contribution >= 0.6 is 0 Å². The van der Waals surface area contributed by atoms with Crippen LogP contribution in [0.15, 0.2) is 24.3 Å². The molecule has 0 aromatic rings. The van der Waals surface area contributed by atoms with E-state index in [1.807, 2.05) is 6.08 Å². The maximum atomic E-state index is 10.5. The van der Waals surface area contributed by atoms with Crippen LogP contribution in [0.1, 0.15) is 25.7 Å². The van der Waals surface area contributed by atoms with E-state index >= 15 is 0 Å². The van der Waals surface area contributed by atoms with E-state index in [0.717, 1.165) is 25.7 Å². The zero-order valence-electron chi connectivity index (χ0n) is 10.2. The van der Waals surface area contributed by atoms with Crippen molar-refractivity contribution in [3.05, 3.63) is 24.3 Å². The minimum atomic E-state index is -1.09. The highest BCUT2D eigenvalue weighted by Crippen LogP contribution is 2.37. The number of allylic oxidation sites excluding steroid dienone is 2. The molecule has 2 atom stereocenters. The molecule has 2 aliphatic rings. The Morgan fingerprint density at radius 3 is 2.53 bits per heavy atom. The molecule has 0 bridgehead atoms. The molecule has 0 spiro atoms. The molecule has 0 aromatic carbocycles. The summed E-state index contributed by atoms with van der Waals surface area (Å²) in [5.74, 6) is 0.119. The zero-order valence-corrected chi connectivity index (χ0v) is 10.2. The lowest BCUT2D eigenvalue weighted by Gasteiger charge is -2.41. The van der Waals surface area contributed by atoms with Crippen LogP contribution in [0.2, 0.25) is 0 Å². The molecule has 4 nitrogen and oxygen atoms in total. The topological polar surface area (TPSA) is 61.7 Å². The van der Waals surface area contributed by atoms with Crippen LogP contribution in [0.25, 0.3) is 0 Å². The first-order valence-electron chi connectivity index (χ1n) is 6.22. The van der Waals surface area contributed by atoms with Crippen molar-refractivity contribution < 1.29 is 15.1 Å². The van der Waals surface area contributed by atoms with Crippen molar-refractivity contribution in [2.24, 2.45) is 5.92 Å². The third-order valence-corrected chi connectivity index (χ3v) is 3.91. The smallest absolute Gasteiger partial charge is 0.115 e. The molecular formula is C13H21NO3. The Bertz CT molecular complexity index is 308. The van der Waals surface area contributed by atoms with Gasteiger partial charge in [-0.15, -0.1) is 0 Å². The Labute approximate surface area is 102 Å². The molecule has 1 fully saturated rings. The van der Waals surface area contributed by atoms with E-state index in [-0.39, 0.29) is 5.92 Å². The van der Waals surface area contributed by atoms with Gasteiger partial charge in [0.25, 0.3) is 0 Å². The summed E-state index contributed by atoms with van der Waals surface area (Å²) in [4.78, 5) is 4.92. The molecule has 2 aliphatic carbocycles. The fraction of sp³-hybridized carbons (Fsp3) is 0.692. The monoisotopic (exact) mass is 239 g/mol. The molecule has 17 heavy (non-hydrogen) atoms. The lowest BCUT2D eigenvalue weighted by atomic mass is 9.72. The van der Waals surface area contributed by atoms with Gasteiger partial charge in [-0.05, 0) is 37.7 Å². The molecule has 4 heteroatoms. The number of hydrogen-bond acceptors (Lipinski definition) is 4. The minimum Gasteiger partial charge on any atom is -0.386 e. The van der Waals surface area contributed by atoms with Gasteiger partial charge in [-0.1, -0.05) is 18.2 Å². The summed E-state index contributed by atoms with van der Waals surface area (Å²) in [6, 6.07) is 0.361. The van der Waals surface area contributed by atoms with Gasteiger partial charge in [0.2, 0.25) is 0 Å². The lowest BCUT2D eigenvalue weighted by Crippen LogP contribution is -2.49. The summed E-state index contributed by atoms with van der Waals surface area (Å²) in [5, 5.41) is 20.5. The Balaban J connectivity index is 1.96. The highest BCUT2D eigenvalue weighted by molar-refractivity contribution is 5.24. The van der Waals surface area contributed by atoms with Crippen LogP contribution in [0.4, 0.5) is 0 Å². The number of hydroxylamine groups is 1. The molecule has 0 radical (unpaired) electrons. The van der Waals surface area contributed by atoms with Gasteiger partial charge in [0.05, 0.1) is 7.11 Å². The van der Waals surface area contributed by atoms with E-state index < -0.39 is 11.7 Å². The van der Waals surface area contributed by atoms with Crippen LogP contribution in [-0.2, 0) is 4.84 Å². The Kier molecular flexibility index (Phi) is 3.99. The van der Waals surface area contributed by atoms with Crippen molar-refractivity contribution in [3.8, 4) is 0 Å². The first-order valence-corrected chi connectivity index (χ1v) is 6.22. The van der Waals surface area contributed by atoms with Gasteiger partial charge in [0, 0.05) is 6.04 Å².